The number of ether oxygens (including phenoxy) is 4. The molecule has 0 amide bonds. The van der Waals surface area contributed by atoms with E-state index in [9.17, 15) is 0 Å². The first-order valence-electron chi connectivity index (χ1n) is 45.8. The van der Waals surface area contributed by atoms with Crippen molar-refractivity contribution in [3.63, 3.8) is 0 Å². The molecule has 22 rings (SSSR count). The van der Waals surface area contributed by atoms with Crippen molar-refractivity contribution in [2.24, 2.45) is 0 Å². The molecule has 2 aliphatic heterocycles. The van der Waals surface area contributed by atoms with Crippen molar-refractivity contribution < 1.29 is 140 Å². The van der Waals surface area contributed by atoms with Crippen molar-refractivity contribution in [2.45, 2.75) is 171 Å². The molecular weight excluding hydrogens is 2470 g/mol. The number of hydrogen-bond acceptors (Lipinski definition) is 20. The van der Waals surface area contributed by atoms with Crippen LogP contribution >= 0.6 is 0 Å². The van der Waals surface area contributed by atoms with Crippen molar-refractivity contribution in [1.82, 2.24) is 39.9 Å². The fourth-order valence-electron chi connectivity index (χ4n) is 17.0. The SMILES string of the molecule is CC(O)CC(C)O.CC(O)CC(C)O.CC(O)CC(C)O.CC(O)CC(C)O.Cc1ccc(-c2cnc3c4[c-]cc(C)cc4c4cc(C)ccc4c3n2)cc1.Cc1cccc(-c2cnc3c4[c-]cc(C)cc4c4cc(C)ccc4c3n2)c1.[Ir].[Ir].[Ir].[Ir].[c-]1cccc2c1c1ncc(-c3ccc4c(c3)OCO4)nc1c1ccccc21.[c-]1cccc2c1c1ncc(-c3ccccc3)nc1c1cc3c(cc21)OCO3. The van der Waals surface area contributed by atoms with Gasteiger partial charge in [-0.3, -0.25) is 19.9 Å². The minimum Gasteiger partial charge on any atom is -0.454 e. The van der Waals surface area contributed by atoms with Crippen molar-refractivity contribution in [3.05, 3.63) is 313 Å². The average molecular weight is 2580 g/mol. The molecule has 8 atom stereocenters. The molecule has 0 saturated carbocycles. The summed E-state index contributed by atoms with van der Waals surface area (Å²) in [5.41, 5.74) is 22.1. The van der Waals surface area contributed by atoms with Crippen LogP contribution in [0.5, 0.6) is 23.0 Å². The maximum absolute atomic E-state index is 8.56. The van der Waals surface area contributed by atoms with E-state index in [1.165, 1.54) is 54.9 Å². The smallest absolute Gasteiger partial charge is 0.231 e. The molecular formula is C116H112Ir4N8O12-4. The summed E-state index contributed by atoms with van der Waals surface area (Å²) in [6.07, 6.45) is 6.29. The molecule has 0 bridgehead atoms. The second kappa shape index (κ2) is 49.7. The van der Waals surface area contributed by atoms with Gasteiger partial charge in [-0.25, -0.2) is 0 Å². The third kappa shape index (κ3) is 26.4. The predicted octanol–water partition coefficient (Wildman–Crippen LogP) is 23.5. The molecule has 0 spiro atoms. The Kier molecular flexibility index (Phi) is 38.6. The number of aliphatic hydroxyl groups is 8. The third-order valence-electron chi connectivity index (χ3n) is 23.0. The topological polar surface area (TPSA) is 302 Å². The van der Waals surface area contributed by atoms with Crippen LogP contribution < -0.4 is 18.9 Å². The Morgan fingerprint density at radius 2 is 0.550 bits per heavy atom. The summed E-state index contributed by atoms with van der Waals surface area (Å²) in [7, 11) is 0. The number of rotatable bonds is 12. The summed E-state index contributed by atoms with van der Waals surface area (Å²) in [6.45, 7) is 26.4. The van der Waals surface area contributed by atoms with Crippen LogP contribution in [0.2, 0.25) is 0 Å². The maximum atomic E-state index is 8.56. The Morgan fingerprint density at radius 1 is 0.243 bits per heavy atom. The van der Waals surface area contributed by atoms with Gasteiger partial charge in [0.05, 0.1) is 93.7 Å². The van der Waals surface area contributed by atoms with E-state index in [0.29, 0.717) is 25.7 Å². The molecule has 140 heavy (non-hydrogen) atoms. The largest absolute Gasteiger partial charge is 0.454 e. The van der Waals surface area contributed by atoms with Crippen LogP contribution in [0.4, 0.5) is 0 Å². The summed E-state index contributed by atoms with van der Waals surface area (Å²) in [5, 5.41) is 86.2. The van der Waals surface area contributed by atoms with Gasteiger partial charge in [0, 0.05) is 150 Å². The minimum absolute atomic E-state index is 0. The Labute approximate surface area is 869 Å². The molecule has 20 aromatic rings. The van der Waals surface area contributed by atoms with Crippen LogP contribution in [-0.4, -0.2) is 143 Å². The minimum atomic E-state index is -0.375. The molecule has 6 heterocycles. The second-order valence-electron chi connectivity index (χ2n) is 35.5. The van der Waals surface area contributed by atoms with E-state index in [-0.39, 0.29) is 143 Å². The zero-order chi connectivity index (χ0) is 96.1. The Bertz CT molecular complexity index is 7600. The number of nitrogens with zero attached hydrogens (tertiary/aromatic N) is 8. The van der Waals surface area contributed by atoms with Gasteiger partial charge in [0.2, 0.25) is 13.6 Å². The molecule has 0 fully saturated rings. The second-order valence-corrected chi connectivity index (χ2v) is 35.5. The van der Waals surface area contributed by atoms with E-state index < -0.39 is 0 Å². The van der Waals surface area contributed by atoms with E-state index in [0.717, 1.165) is 177 Å². The fourth-order valence-corrected chi connectivity index (χ4v) is 17.0. The van der Waals surface area contributed by atoms with Gasteiger partial charge < -0.3 is 79.7 Å². The Balaban J connectivity index is 0.000000162. The van der Waals surface area contributed by atoms with E-state index in [2.05, 4.69) is 193 Å². The zero-order valence-corrected chi connectivity index (χ0v) is 89.8. The number of fused-ring (bicyclic) bond motifs is 26. The van der Waals surface area contributed by atoms with Gasteiger partial charge in [0.15, 0.2) is 23.0 Å². The van der Waals surface area contributed by atoms with Crippen molar-refractivity contribution in [3.8, 4) is 68.0 Å². The fraction of sp³-hybridized carbons (Fsp3) is 0.241. The number of aromatic nitrogens is 8. The van der Waals surface area contributed by atoms with Crippen molar-refractivity contribution >= 4 is 130 Å². The average Bonchev–Trinajstić information content (AvgIpc) is 0.816. The van der Waals surface area contributed by atoms with Crippen molar-refractivity contribution in [2.75, 3.05) is 13.6 Å². The molecule has 8 N–H and O–H groups in total. The first-order valence-corrected chi connectivity index (χ1v) is 45.8. The van der Waals surface area contributed by atoms with Crippen LogP contribution in [-0.2, 0) is 80.4 Å². The van der Waals surface area contributed by atoms with Crippen molar-refractivity contribution in [1.29, 1.82) is 0 Å². The molecule has 728 valence electrons. The molecule has 2 aliphatic rings. The normalized spacial score (nSPS) is 13.2. The third-order valence-corrected chi connectivity index (χ3v) is 23.0. The van der Waals surface area contributed by atoms with Crippen LogP contribution in [0.15, 0.2) is 255 Å². The van der Waals surface area contributed by atoms with Gasteiger partial charge in [0.1, 0.15) is 0 Å². The van der Waals surface area contributed by atoms with E-state index in [1.807, 2.05) is 128 Å². The summed E-state index contributed by atoms with van der Waals surface area (Å²) in [6, 6.07) is 92.3. The Hall–Kier alpha value is -11.6. The van der Waals surface area contributed by atoms with Crippen LogP contribution in [0.25, 0.3) is 175 Å². The van der Waals surface area contributed by atoms with Gasteiger partial charge in [-0.2, -0.15) is 0 Å². The summed E-state index contributed by atoms with van der Waals surface area (Å²) in [4.78, 5) is 39.2. The van der Waals surface area contributed by atoms with E-state index in [1.54, 1.807) is 55.4 Å². The molecule has 0 saturated heterocycles. The first-order chi connectivity index (χ1) is 65.5. The quantitative estimate of drug-likeness (QED) is 0.0416. The molecule has 8 unspecified atom stereocenters. The summed E-state index contributed by atoms with van der Waals surface area (Å²) >= 11 is 0. The summed E-state index contributed by atoms with van der Waals surface area (Å²) in [5.74, 6) is 3.01. The molecule has 0 aliphatic carbocycles. The number of benzene rings is 16. The predicted molar refractivity (Wildman–Crippen MR) is 548 cm³/mol. The van der Waals surface area contributed by atoms with Gasteiger partial charge in [-0.15, -0.1) is 118 Å². The van der Waals surface area contributed by atoms with Gasteiger partial charge in [-0.05, 0) is 172 Å². The van der Waals surface area contributed by atoms with Crippen LogP contribution in [0.1, 0.15) is 114 Å². The van der Waals surface area contributed by atoms with E-state index in [4.69, 9.17) is 99.7 Å². The van der Waals surface area contributed by atoms with Crippen LogP contribution in [0, 0.1) is 65.8 Å². The molecule has 24 heteroatoms. The van der Waals surface area contributed by atoms with Gasteiger partial charge in [0.25, 0.3) is 0 Å². The van der Waals surface area contributed by atoms with E-state index >= 15 is 0 Å². The Morgan fingerprint density at radius 3 is 0.971 bits per heavy atom. The zero-order valence-electron chi connectivity index (χ0n) is 80.2. The number of aliphatic hydroxyl groups excluding tert-OH is 8. The summed E-state index contributed by atoms with van der Waals surface area (Å²) < 4.78 is 22.1. The molecule has 4 radical (unpaired) electrons. The molecule has 4 aromatic heterocycles. The first kappa shape index (κ1) is 109. The molecule has 16 aromatic carbocycles. The standard InChI is InChI=1S/2C25H19N2.2C23H13N2O2.4C5H12O2.4Ir/c1-15-4-8-18(9-5-15)23-14-26-24-19-10-6-16(2)12-21(19)22-13-17(3)7-11-20(22)25(24)27-23;1-15-5-4-6-18(11-15)23-14-26-24-19-9-7-16(2)12-21(19)22-13-17(3)8-10-20(22)25(24)27-23;1-3-7-17-15(5-1)16-6-2-4-8-18(16)23-22(17)24-12-19(25-23)14-9-10-20-21(11-14)27-13-26-20;1-2-6-14(7-3-1)19-12-24-22-16-9-5-4-8-15(16)17-10-20-21(27-13-26-20)11-18(17)23(22)25-19;4*1-4(6)3-5(2)7;;;;/h4-9,11-14H,1-3H3;4-8,10-14H,1-3H3;1-6,8-12H,13H2;1-8,10-12H,13H2;4*4-7H,3H2,1-2H3;;;;/q4*-1;;;;;;;;. The number of hydrogen-bond donors (Lipinski definition) is 8. The molecule has 20 nitrogen and oxygen atoms in total. The maximum Gasteiger partial charge on any atom is 0.231 e. The van der Waals surface area contributed by atoms with Gasteiger partial charge >= 0.3 is 0 Å². The van der Waals surface area contributed by atoms with Gasteiger partial charge in [-0.1, -0.05) is 207 Å². The monoisotopic (exact) mass is 2580 g/mol. The van der Waals surface area contributed by atoms with Crippen LogP contribution in [0.3, 0.4) is 0 Å². The number of aryl methyl sites for hydroxylation is 6.